The molecule has 0 aromatic heterocycles. The molecule has 0 radical (unpaired) electrons. The number of carboxylic acids is 1. The second-order valence-corrected chi connectivity index (χ2v) is 10.0. The van der Waals surface area contributed by atoms with Gasteiger partial charge in [-0.25, -0.2) is 14.8 Å². The van der Waals surface area contributed by atoms with E-state index in [1.165, 1.54) is 14.0 Å². The number of aliphatic hydroxyl groups is 7. The van der Waals surface area contributed by atoms with E-state index in [1.54, 1.807) is 0 Å². The summed E-state index contributed by atoms with van der Waals surface area (Å²) in [4.78, 5) is 19.8. The van der Waals surface area contributed by atoms with Gasteiger partial charge in [0.25, 0.3) is 0 Å². The van der Waals surface area contributed by atoms with Gasteiger partial charge in [-0.1, -0.05) is 0 Å². The van der Waals surface area contributed by atoms with Crippen LogP contribution in [0.3, 0.4) is 0 Å². The Labute approximate surface area is 233 Å². The minimum atomic E-state index is -2.83. The second kappa shape index (κ2) is 12.8. The molecule has 15 unspecified atom stereocenters. The molecule has 3 rings (SSSR count). The van der Waals surface area contributed by atoms with Gasteiger partial charge in [0.15, 0.2) is 30.6 Å². The molecule has 236 valence electrons. The SMILES string of the molecule is CNC1C(OC2C(OC3C(O)C(O)C(N=C(N)N)C(O)C3N=C(N)N)OC(C)C2(O)C(=O)O)OC(CO)C(O)C1O. The van der Waals surface area contributed by atoms with Crippen molar-refractivity contribution < 1.29 is 64.6 Å². The van der Waals surface area contributed by atoms with Crippen molar-refractivity contribution in [3.63, 3.8) is 0 Å². The minimum Gasteiger partial charge on any atom is -0.479 e. The number of rotatable bonds is 9. The maximum Gasteiger partial charge on any atom is 0.341 e. The number of carboxylic acid groups (broad SMARTS) is 1. The van der Waals surface area contributed by atoms with E-state index in [1.807, 2.05) is 0 Å². The summed E-state index contributed by atoms with van der Waals surface area (Å²) >= 11 is 0. The maximum absolute atomic E-state index is 12.3. The van der Waals surface area contributed by atoms with Crippen LogP contribution in [0, 0.1) is 0 Å². The Bertz CT molecular complexity index is 985. The molecule has 41 heavy (non-hydrogen) atoms. The lowest BCUT2D eigenvalue weighted by molar-refractivity contribution is -0.315. The molecule has 20 nitrogen and oxygen atoms in total. The Balaban J connectivity index is 2.00. The minimum absolute atomic E-state index is 0.531. The number of nitrogens with zero attached hydrogens (tertiary/aromatic N) is 2. The summed E-state index contributed by atoms with van der Waals surface area (Å²) < 4.78 is 22.7. The van der Waals surface area contributed by atoms with Crippen LogP contribution in [-0.4, -0.2) is 164 Å². The third kappa shape index (κ3) is 6.18. The number of aliphatic hydroxyl groups excluding tert-OH is 6. The van der Waals surface area contributed by atoms with E-state index in [0.29, 0.717) is 0 Å². The molecule has 2 heterocycles. The Morgan fingerprint density at radius 1 is 0.878 bits per heavy atom. The number of likely N-dealkylation sites (N-methyl/N-ethyl adjacent to an activating group) is 1. The standard InChI is InChI=1S/C21H39N7O13/c1-4-21(37,18(35)36)15(41-16-8(26-2)12(33)9(30)5(3-29)39-16)17(38-4)40-14-7(28-20(24)25)10(31)6(27-19(22)23)11(32)13(14)34/h4-17,26,29-34,37H,3H2,1-2H3,(H,35,36)(H4,22,23,27)(H4,24,25,28). The van der Waals surface area contributed by atoms with E-state index in [9.17, 15) is 45.6 Å². The molecule has 2 saturated heterocycles. The lowest BCUT2D eigenvalue weighted by atomic mass is 9.81. The number of aliphatic imine (C=N–C) groups is 2. The highest BCUT2D eigenvalue weighted by atomic mass is 16.8. The highest BCUT2D eigenvalue weighted by Crippen LogP contribution is 2.39. The summed E-state index contributed by atoms with van der Waals surface area (Å²) in [5.41, 5.74) is 18.9. The molecule has 17 N–H and O–H groups in total. The zero-order valence-electron chi connectivity index (χ0n) is 22.1. The molecule has 1 saturated carbocycles. The molecule has 2 aliphatic heterocycles. The number of aliphatic carboxylic acids is 1. The van der Waals surface area contributed by atoms with Crippen molar-refractivity contribution in [2.75, 3.05) is 13.7 Å². The van der Waals surface area contributed by atoms with Crippen molar-refractivity contribution in [1.82, 2.24) is 5.32 Å². The van der Waals surface area contributed by atoms with E-state index in [0.717, 1.165) is 0 Å². The van der Waals surface area contributed by atoms with Crippen molar-refractivity contribution in [2.45, 2.75) is 98.2 Å². The summed E-state index contributed by atoms with van der Waals surface area (Å²) in [6, 6.07) is -4.28. The Kier molecular flexibility index (Phi) is 10.3. The van der Waals surface area contributed by atoms with E-state index < -0.39 is 116 Å². The molecule has 15 atom stereocenters. The van der Waals surface area contributed by atoms with Crippen LogP contribution in [0.4, 0.5) is 0 Å². The molecular formula is C21H39N7O13. The molecule has 1 aliphatic carbocycles. The smallest absolute Gasteiger partial charge is 0.341 e. The Hall–Kier alpha value is -2.47. The summed E-state index contributed by atoms with van der Waals surface area (Å²) in [6.45, 7) is 0.430. The van der Waals surface area contributed by atoms with E-state index in [-0.39, 0.29) is 0 Å². The highest BCUT2D eigenvalue weighted by molar-refractivity contribution is 5.79. The van der Waals surface area contributed by atoms with Gasteiger partial charge in [0.1, 0.15) is 60.9 Å². The van der Waals surface area contributed by atoms with E-state index in [2.05, 4.69) is 15.3 Å². The van der Waals surface area contributed by atoms with Gasteiger partial charge in [-0.15, -0.1) is 0 Å². The van der Waals surface area contributed by atoms with E-state index in [4.69, 9.17) is 41.9 Å². The zero-order chi connectivity index (χ0) is 31.0. The molecule has 0 spiro atoms. The van der Waals surface area contributed by atoms with Crippen molar-refractivity contribution in [3.8, 4) is 0 Å². The number of guanidine groups is 2. The number of hydrogen-bond acceptors (Lipinski definition) is 15. The number of ether oxygens (including phenoxy) is 4. The van der Waals surface area contributed by atoms with Crippen molar-refractivity contribution in [1.29, 1.82) is 0 Å². The predicted octanol–water partition coefficient (Wildman–Crippen LogP) is -8.28. The van der Waals surface area contributed by atoms with Gasteiger partial charge in [0, 0.05) is 0 Å². The molecule has 0 aromatic carbocycles. The summed E-state index contributed by atoms with van der Waals surface area (Å²) in [6.07, 6.45) is -18.7. The van der Waals surface area contributed by atoms with Crippen LogP contribution in [0.5, 0.6) is 0 Å². The average molecular weight is 598 g/mol. The summed E-state index contributed by atoms with van der Waals surface area (Å²) in [5, 5.41) is 86.6. The molecule has 3 fully saturated rings. The third-order valence-electron chi connectivity index (χ3n) is 7.44. The monoisotopic (exact) mass is 597 g/mol. The van der Waals surface area contributed by atoms with Gasteiger partial charge in [0.05, 0.1) is 12.6 Å². The van der Waals surface area contributed by atoms with Crippen molar-refractivity contribution >= 4 is 17.9 Å². The summed E-state index contributed by atoms with van der Waals surface area (Å²) in [7, 11) is 1.37. The number of carbonyl (C=O) groups is 1. The van der Waals surface area contributed by atoms with Crippen molar-refractivity contribution in [3.05, 3.63) is 0 Å². The van der Waals surface area contributed by atoms with E-state index >= 15 is 0 Å². The molecule has 0 bridgehead atoms. The highest BCUT2D eigenvalue weighted by Gasteiger charge is 2.64. The number of nitrogens with two attached hydrogens (primary N) is 4. The fourth-order valence-corrected chi connectivity index (χ4v) is 5.19. The van der Waals surface area contributed by atoms with Crippen LogP contribution in [0.15, 0.2) is 9.98 Å². The topological polar surface area (TPSA) is 357 Å². The first-order chi connectivity index (χ1) is 19.1. The number of hydrogen-bond donors (Lipinski definition) is 13. The Morgan fingerprint density at radius 2 is 1.46 bits per heavy atom. The van der Waals surface area contributed by atoms with Gasteiger partial charge in [-0.3, -0.25) is 0 Å². The van der Waals surface area contributed by atoms with Gasteiger partial charge < -0.3 is 88.1 Å². The lowest BCUT2D eigenvalue weighted by Crippen LogP contribution is -2.67. The van der Waals surface area contributed by atoms with Crippen molar-refractivity contribution in [2.24, 2.45) is 32.9 Å². The molecule has 0 amide bonds. The molecule has 3 aliphatic rings. The van der Waals surface area contributed by atoms with Gasteiger partial charge in [-0.2, -0.15) is 0 Å². The zero-order valence-corrected chi connectivity index (χ0v) is 22.1. The first-order valence-corrected chi connectivity index (χ1v) is 12.5. The molecular weight excluding hydrogens is 558 g/mol. The first kappa shape index (κ1) is 33.0. The van der Waals surface area contributed by atoms with Crippen LogP contribution >= 0.6 is 0 Å². The van der Waals surface area contributed by atoms with Crippen LogP contribution in [-0.2, 0) is 23.7 Å². The van der Waals surface area contributed by atoms with Crippen LogP contribution in [0.2, 0.25) is 0 Å². The normalized spacial score (nSPS) is 46.6. The van der Waals surface area contributed by atoms with Gasteiger partial charge in [0.2, 0.25) is 5.60 Å². The molecule has 20 heteroatoms. The maximum atomic E-state index is 12.3. The second-order valence-electron chi connectivity index (χ2n) is 10.0. The fraction of sp³-hybridized carbons (Fsp3) is 0.857. The molecule has 0 aromatic rings. The average Bonchev–Trinajstić information content (AvgIpc) is 3.14. The summed E-state index contributed by atoms with van der Waals surface area (Å²) in [5.74, 6) is -2.91. The predicted molar refractivity (Wildman–Crippen MR) is 134 cm³/mol. The fourth-order valence-electron chi connectivity index (χ4n) is 5.19. The number of nitrogens with one attached hydrogen (secondary N) is 1. The van der Waals surface area contributed by atoms with Crippen LogP contribution in [0.1, 0.15) is 6.92 Å². The first-order valence-electron chi connectivity index (χ1n) is 12.5. The van der Waals surface area contributed by atoms with Crippen LogP contribution in [0.25, 0.3) is 0 Å². The largest absolute Gasteiger partial charge is 0.479 e. The van der Waals surface area contributed by atoms with Crippen LogP contribution < -0.4 is 28.3 Å². The lowest BCUT2D eigenvalue weighted by Gasteiger charge is -2.45. The Morgan fingerprint density at radius 3 is 1.98 bits per heavy atom. The quantitative estimate of drug-likeness (QED) is 0.0866. The van der Waals surface area contributed by atoms with Gasteiger partial charge in [-0.05, 0) is 14.0 Å². The van der Waals surface area contributed by atoms with Gasteiger partial charge >= 0.3 is 5.97 Å². The third-order valence-corrected chi connectivity index (χ3v) is 7.44.